The predicted octanol–water partition coefficient (Wildman–Crippen LogP) is 2.99. The number of ether oxygens (including phenoxy) is 1. The Kier molecular flexibility index (Phi) is 5.62. The van der Waals surface area contributed by atoms with Crippen LogP contribution >= 0.6 is 0 Å². The maximum Gasteiger partial charge on any atom is 0.0861 e. The average molecular weight is 214 g/mol. The summed E-state index contributed by atoms with van der Waals surface area (Å²) in [5.41, 5.74) is 0. The Bertz CT molecular complexity index is 166. The first-order valence-electron chi connectivity index (χ1n) is 6.48. The van der Waals surface area contributed by atoms with E-state index in [4.69, 9.17) is 4.74 Å². The van der Waals surface area contributed by atoms with Gasteiger partial charge in [0.25, 0.3) is 0 Å². The van der Waals surface area contributed by atoms with E-state index in [1.54, 1.807) is 0 Å². The average Bonchev–Trinajstić information content (AvgIpc) is 2.97. The molecule has 0 radical (unpaired) electrons. The Labute approximate surface area is 94.0 Å². The largest absolute Gasteiger partial charge is 0.390 e. The van der Waals surface area contributed by atoms with E-state index in [-0.39, 0.29) is 12.2 Å². The van der Waals surface area contributed by atoms with Crippen LogP contribution in [0.1, 0.15) is 52.9 Å². The van der Waals surface area contributed by atoms with Crippen LogP contribution in [0.3, 0.4) is 0 Å². The topological polar surface area (TPSA) is 29.5 Å². The molecule has 0 spiro atoms. The molecule has 1 aliphatic rings. The lowest BCUT2D eigenvalue weighted by Crippen LogP contribution is -2.32. The zero-order valence-corrected chi connectivity index (χ0v) is 10.4. The lowest BCUT2D eigenvalue weighted by atomic mass is 9.94. The SMILES string of the molecule is CCCC(C)CC(O)C(OCC)C1CC1. The van der Waals surface area contributed by atoms with Crippen molar-refractivity contribution in [1.29, 1.82) is 0 Å². The fraction of sp³-hybridized carbons (Fsp3) is 1.00. The van der Waals surface area contributed by atoms with Gasteiger partial charge in [-0.2, -0.15) is 0 Å². The molecule has 15 heavy (non-hydrogen) atoms. The number of hydrogen-bond acceptors (Lipinski definition) is 2. The highest BCUT2D eigenvalue weighted by Gasteiger charge is 2.36. The van der Waals surface area contributed by atoms with Crippen LogP contribution in [0, 0.1) is 11.8 Å². The van der Waals surface area contributed by atoms with Crippen LogP contribution in [0.25, 0.3) is 0 Å². The lowest BCUT2D eigenvalue weighted by Gasteiger charge is -2.25. The van der Waals surface area contributed by atoms with E-state index in [1.807, 2.05) is 6.92 Å². The molecule has 1 aliphatic carbocycles. The van der Waals surface area contributed by atoms with E-state index in [0.717, 1.165) is 13.0 Å². The van der Waals surface area contributed by atoms with Crippen LogP contribution in [-0.2, 0) is 4.74 Å². The minimum atomic E-state index is -0.251. The summed E-state index contributed by atoms with van der Waals surface area (Å²) in [6.07, 6.45) is 5.65. The van der Waals surface area contributed by atoms with E-state index in [9.17, 15) is 5.11 Å². The molecule has 1 N–H and O–H groups in total. The third kappa shape index (κ3) is 4.52. The maximum absolute atomic E-state index is 10.1. The van der Waals surface area contributed by atoms with Crippen molar-refractivity contribution in [2.24, 2.45) is 11.8 Å². The van der Waals surface area contributed by atoms with Crippen LogP contribution < -0.4 is 0 Å². The van der Waals surface area contributed by atoms with Gasteiger partial charge in [0.2, 0.25) is 0 Å². The molecule has 1 saturated carbocycles. The Balaban J connectivity index is 2.30. The fourth-order valence-corrected chi connectivity index (χ4v) is 2.34. The first kappa shape index (κ1) is 13.0. The smallest absolute Gasteiger partial charge is 0.0861 e. The molecule has 0 aliphatic heterocycles. The van der Waals surface area contributed by atoms with E-state index in [1.165, 1.54) is 25.7 Å². The van der Waals surface area contributed by atoms with Crippen molar-refractivity contribution in [3.05, 3.63) is 0 Å². The molecular weight excluding hydrogens is 188 g/mol. The highest BCUT2D eigenvalue weighted by molar-refractivity contribution is 4.87. The van der Waals surface area contributed by atoms with Gasteiger partial charge in [0.05, 0.1) is 12.2 Å². The summed E-state index contributed by atoms with van der Waals surface area (Å²) in [6, 6.07) is 0. The monoisotopic (exact) mass is 214 g/mol. The minimum Gasteiger partial charge on any atom is -0.390 e. The van der Waals surface area contributed by atoms with Crippen LogP contribution in [-0.4, -0.2) is 23.9 Å². The lowest BCUT2D eigenvalue weighted by molar-refractivity contribution is -0.0529. The normalized spacial score (nSPS) is 22.4. The van der Waals surface area contributed by atoms with Crippen molar-refractivity contribution in [1.82, 2.24) is 0 Å². The van der Waals surface area contributed by atoms with Crippen LogP contribution in [0.4, 0.5) is 0 Å². The predicted molar refractivity (Wildman–Crippen MR) is 62.8 cm³/mol. The molecule has 1 rings (SSSR count). The molecule has 0 aromatic carbocycles. The van der Waals surface area contributed by atoms with Crippen LogP contribution in [0.2, 0.25) is 0 Å². The van der Waals surface area contributed by atoms with Crippen molar-refractivity contribution in [3.63, 3.8) is 0 Å². The second kappa shape index (κ2) is 6.49. The summed E-state index contributed by atoms with van der Waals surface area (Å²) in [7, 11) is 0. The Morgan fingerprint density at radius 1 is 1.33 bits per heavy atom. The van der Waals surface area contributed by atoms with Crippen molar-refractivity contribution in [2.45, 2.75) is 65.1 Å². The second-order valence-corrected chi connectivity index (χ2v) is 4.95. The van der Waals surface area contributed by atoms with Gasteiger partial charge < -0.3 is 9.84 Å². The molecule has 3 unspecified atom stereocenters. The molecule has 0 heterocycles. The van der Waals surface area contributed by atoms with Gasteiger partial charge in [0.15, 0.2) is 0 Å². The molecular formula is C13H26O2. The Hall–Kier alpha value is -0.0800. The third-order valence-electron chi connectivity index (χ3n) is 3.25. The summed E-state index contributed by atoms with van der Waals surface area (Å²) in [6.45, 7) is 7.16. The standard InChI is InChI=1S/C13H26O2/c1-4-6-10(3)9-12(14)13(15-5-2)11-7-8-11/h10-14H,4-9H2,1-3H3. The van der Waals surface area contributed by atoms with E-state index in [2.05, 4.69) is 13.8 Å². The maximum atomic E-state index is 10.1. The van der Waals surface area contributed by atoms with E-state index >= 15 is 0 Å². The summed E-state index contributed by atoms with van der Waals surface area (Å²) < 4.78 is 5.66. The Morgan fingerprint density at radius 2 is 2.00 bits per heavy atom. The third-order valence-corrected chi connectivity index (χ3v) is 3.25. The zero-order valence-electron chi connectivity index (χ0n) is 10.4. The van der Waals surface area contributed by atoms with Gasteiger partial charge in [0.1, 0.15) is 0 Å². The number of hydrogen-bond donors (Lipinski definition) is 1. The summed E-state index contributed by atoms with van der Waals surface area (Å²) >= 11 is 0. The molecule has 0 aromatic heterocycles. The molecule has 2 heteroatoms. The van der Waals surface area contributed by atoms with Gasteiger partial charge in [0, 0.05) is 6.61 Å². The molecule has 0 bridgehead atoms. The molecule has 0 aromatic rings. The van der Waals surface area contributed by atoms with Gasteiger partial charge in [-0.1, -0.05) is 26.7 Å². The number of aliphatic hydroxyl groups excluding tert-OH is 1. The fourth-order valence-electron chi connectivity index (χ4n) is 2.34. The van der Waals surface area contributed by atoms with Gasteiger partial charge in [-0.15, -0.1) is 0 Å². The molecule has 2 nitrogen and oxygen atoms in total. The van der Waals surface area contributed by atoms with E-state index in [0.29, 0.717) is 11.8 Å². The van der Waals surface area contributed by atoms with Crippen molar-refractivity contribution >= 4 is 0 Å². The van der Waals surface area contributed by atoms with Crippen molar-refractivity contribution in [2.75, 3.05) is 6.61 Å². The Morgan fingerprint density at radius 3 is 2.47 bits per heavy atom. The molecule has 3 atom stereocenters. The number of rotatable bonds is 8. The highest BCUT2D eigenvalue weighted by atomic mass is 16.5. The van der Waals surface area contributed by atoms with Gasteiger partial charge in [-0.25, -0.2) is 0 Å². The summed E-state index contributed by atoms with van der Waals surface area (Å²) in [5, 5.41) is 10.1. The van der Waals surface area contributed by atoms with Crippen LogP contribution in [0.5, 0.6) is 0 Å². The molecule has 0 saturated heterocycles. The van der Waals surface area contributed by atoms with Gasteiger partial charge in [-0.3, -0.25) is 0 Å². The minimum absolute atomic E-state index is 0.106. The summed E-state index contributed by atoms with van der Waals surface area (Å²) in [4.78, 5) is 0. The van der Waals surface area contributed by atoms with Gasteiger partial charge >= 0.3 is 0 Å². The van der Waals surface area contributed by atoms with Crippen LogP contribution in [0.15, 0.2) is 0 Å². The molecule has 90 valence electrons. The first-order chi connectivity index (χ1) is 7.19. The first-order valence-corrected chi connectivity index (χ1v) is 6.48. The van der Waals surface area contributed by atoms with E-state index < -0.39 is 0 Å². The molecule has 1 fully saturated rings. The quantitative estimate of drug-likeness (QED) is 0.673. The second-order valence-electron chi connectivity index (χ2n) is 4.95. The highest BCUT2D eigenvalue weighted by Crippen LogP contribution is 2.37. The van der Waals surface area contributed by atoms with Crippen molar-refractivity contribution in [3.8, 4) is 0 Å². The van der Waals surface area contributed by atoms with Crippen molar-refractivity contribution < 1.29 is 9.84 Å². The summed E-state index contributed by atoms with van der Waals surface area (Å²) in [5.74, 6) is 1.25. The van der Waals surface area contributed by atoms with Gasteiger partial charge in [-0.05, 0) is 38.0 Å². The zero-order chi connectivity index (χ0) is 11.3. The number of aliphatic hydroxyl groups is 1. The molecule has 0 amide bonds.